The Morgan fingerprint density at radius 3 is 2.70 bits per heavy atom. The topological polar surface area (TPSA) is 105 Å². The van der Waals surface area contributed by atoms with Gasteiger partial charge in [-0.3, -0.25) is 14.9 Å². The third-order valence-electron chi connectivity index (χ3n) is 2.98. The summed E-state index contributed by atoms with van der Waals surface area (Å²) in [6.45, 7) is 3.31. The van der Waals surface area contributed by atoms with Gasteiger partial charge in [0.05, 0.1) is 24.2 Å². The number of esters is 1. The summed E-state index contributed by atoms with van der Waals surface area (Å²) in [5, 5.41) is 10.8. The Morgan fingerprint density at radius 2 is 2.15 bits per heavy atom. The third-order valence-corrected chi connectivity index (χ3v) is 2.98. The van der Waals surface area contributed by atoms with E-state index >= 15 is 0 Å². The van der Waals surface area contributed by atoms with Crippen molar-refractivity contribution in [2.75, 3.05) is 13.7 Å². The van der Waals surface area contributed by atoms with Crippen molar-refractivity contribution < 1.29 is 19.2 Å². The van der Waals surface area contributed by atoms with Crippen LogP contribution in [0.15, 0.2) is 18.2 Å². The lowest BCUT2D eigenvalue weighted by atomic mass is 10.0. The fourth-order valence-electron chi connectivity index (χ4n) is 1.67. The van der Waals surface area contributed by atoms with Crippen LogP contribution in [-0.2, 0) is 9.53 Å². The van der Waals surface area contributed by atoms with Crippen molar-refractivity contribution in [2.24, 2.45) is 5.73 Å². The molecule has 0 heterocycles. The van der Waals surface area contributed by atoms with Crippen molar-refractivity contribution >= 4 is 11.7 Å². The number of nitrogens with zero attached hydrogens (tertiary/aromatic N) is 1. The largest absolute Gasteiger partial charge is 0.493 e. The summed E-state index contributed by atoms with van der Waals surface area (Å²) >= 11 is 0. The molecule has 0 aliphatic rings. The molecule has 2 N–H and O–H groups in total. The molecule has 0 aliphatic carbocycles. The molecular formula is C13H18N2O5. The summed E-state index contributed by atoms with van der Waals surface area (Å²) in [7, 11) is 1.26. The van der Waals surface area contributed by atoms with Crippen molar-refractivity contribution in [2.45, 2.75) is 25.8 Å². The minimum atomic E-state index is -1.15. The van der Waals surface area contributed by atoms with Crippen molar-refractivity contribution in [3.63, 3.8) is 0 Å². The fourth-order valence-corrected chi connectivity index (χ4v) is 1.67. The Kier molecular flexibility index (Phi) is 5.04. The van der Waals surface area contributed by atoms with Crippen LogP contribution in [0.25, 0.3) is 0 Å². The van der Waals surface area contributed by atoms with E-state index in [1.165, 1.54) is 13.2 Å². The summed E-state index contributed by atoms with van der Waals surface area (Å²) < 4.78 is 10.0. The van der Waals surface area contributed by atoms with E-state index in [0.717, 1.165) is 0 Å². The number of nitro benzene ring substituents is 1. The SMILES string of the molecule is COC(=O)C(C)(N)CCOc1cccc([N+](=O)[O-])c1C. The van der Waals surface area contributed by atoms with E-state index in [0.29, 0.717) is 11.3 Å². The van der Waals surface area contributed by atoms with E-state index in [1.54, 1.807) is 26.0 Å². The molecule has 0 bridgehead atoms. The average molecular weight is 282 g/mol. The number of carbonyl (C=O) groups is 1. The maximum absolute atomic E-state index is 11.4. The van der Waals surface area contributed by atoms with Gasteiger partial charge >= 0.3 is 5.97 Å². The fraction of sp³-hybridized carbons (Fsp3) is 0.462. The predicted octanol–water partition coefficient (Wildman–Crippen LogP) is 1.56. The minimum absolute atomic E-state index is 0.00835. The first kappa shape index (κ1) is 15.9. The monoisotopic (exact) mass is 282 g/mol. The van der Waals surface area contributed by atoms with E-state index < -0.39 is 16.4 Å². The lowest BCUT2D eigenvalue weighted by molar-refractivity contribution is -0.385. The van der Waals surface area contributed by atoms with Crippen LogP contribution in [-0.4, -0.2) is 30.1 Å². The molecule has 7 nitrogen and oxygen atoms in total. The Bertz CT molecular complexity index is 513. The van der Waals surface area contributed by atoms with Crippen LogP contribution in [0.1, 0.15) is 18.9 Å². The standard InChI is InChI=1S/C13H18N2O5/c1-9-10(15(17)18)5-4-6-11(9)20-8-7-13(2,14)12(16)19-3/h4-6H,7-8,14H2,1-3H3. The molecule has 1 rings (SSSR count). The highest BCUT2D eigenvalue weighted by molar-refractivity contribution is 5.79. The molecular weight excluding hydrogens is 264 g/mol. The zero-order valence-corrected chi connectivity index (χ0v) is 11.7. The molecule has 0 saturated heterocycles. The Balaban J connectivity index is 2.70. The maximum atomic E-state index is 11.4. The summed E-state index contributed by atoms with van der Waals surface area (Å²) in [4.78, 5) is 21.7. The third kappa shape index (κ3) is 3.67. The highest BCUT2D eigenvalue weighted by Gasteiger charge is 2.29. The second-order valence-corrected chi connectivity index (χ2v) is 4.66. The number of carbonyl (C=O) groups excluding carboxylic acids is 1. The number of hydrogen-bond donors (Lipinski definition) is 1. The minimum Gasteiger partial charge on any atom is -0.493 e. The molecule has 1 aromatic rings. The van der Waals surface area contributed by atoms with Crippen molar-refractivity contribution in [1.82, 2.24) is 0 Å². The van der Waals surface area contributed by atoms with Crippen LogP contribution in [0.3, 0.4) is 0 Å². The number of hydrogen-bond acceptors (Lipinski definition) is 6. The molecule has 1 aromatic carbocycles. The molecule has 0 radical (unpaired) electrons. The second-order valence-electron chi connectivity index (χ2n) is 4.66. The van der Waals surface area contributed by atoms with E-state index in [1.807, 2.05) is 0 Å². The smallest absolute Gasteiger partial charge is 0.325 e. The molecule has 0 fully saturated rings. The zero-order chi connectivity index (χ0) is 15.3. The van der Waals surface area contributed by atoms with Crippen molar-refractivity contribution in [3.05, 3.63) is 33.9 Å². The number of nitrogens with two attached hydrogens (primary N) is 1. The van der Waals surface area contributed by atoms with Crippen LogP contribution in [0.2, 0.25) is 0 Å². The molecule has 0 spiro atoms. The molecule has 0 aliphatic heterocycles. The van der Waals surface area contributed by atoms with Gasteiger partial charge in [-0.25, -0.2) is 0 Å². The number of ether oxygens (including phenoxy) is 2. The van der Waals surface area contributed by atoms with Crippen LogP contribution >= 0.6 is 0 Å². The maximum Gasteiger partial charge on any atom is 0.325 e. The van der Waals surface area contributed by atoms with Gasteiger partial charge in [-0.15, -0.1) is 0 Å². The molecule has 110 valence electrons. The quantitative estimate of drug-likeness (QED) is 0.482. The van der Waals surface area contributed by atoms with Crippen LogP contribution in [0.5, 0.6) is 5.75 Å². The lowest BCUT2D eigenvalue weighted by Gasteiger charge is -2.21. The lowest BCUT2D eigenvalue weighted by Crippen LogP contribution is -2.46. The van der Waals surface area contributed by atoms with Crippen LogP contribution in [0.4, 0.5) is 5.69 Å². The number of nitro groups is 1. The molecule has 0 saturated carbocycles. The van der Waals surface area contributed by atoms with E-state index in [4.69, 9.17) is 10.5 Å². The second kappa shape index (κ2) is 6.33. The first-order chi connectivity index (χ1) is 9.29. The summed E-state index contributed by atoms with van der Waals surface area (Å²) in [5.41, 5.74) is 5.07. The van der Waals surface area contributed by atoms with Crippen molar-refractivity contribution in [3.8, 4) is 5.75 Å². The van der Waals surface area contributed by atoms with E-state index in [9.17, 15) is 14.9 Å². The number of methoxy groups -OCH3 is 1. The van der Waals surface area contributed by atoms with Crippen LogP contribution < -0.4 is 10.5 Å². The van der Waals surface area contributed by atoms with Crippen molar-refractivity contribution in [1.29, 1.82) is 0 Å². The normalized spacial score (nSPS) is 13.4. The Morgan fingerprint density at radius 1 is 1.50 bits per heavy atom. The van der Waals surface area contributed by atoms with Crippen LogP contribution in [0, 0.1) is 17.0 Å². The summed E-state index contributed by atoms with van der Waals surface area (Å²) in [6.07, 6.45) is 0.238. The van der Waals surface area contributed by atoms with Gasteiger partial charge in [0.2, 0.25) is 0 Å². The van der Waals surface area contributed by atoms with Gasteiger partial charge in [-0.1, -0.05) is 6.07 Å². The van der Waals surface area contributed by atoms with Gasteiger partial charge in [0, 0.05) is 12.5 Å². The van der Waals surface area contributed by atoms with Gasteiger partial charge in [0.15, 0.2) is 0 Å². The van der Waals surface area contributed by atoms with E-state index in [2.05, 4.69) is 4.74 Å². The van der Waals surface area contributed by atoms with E-state index in [-0.39, 0.29) is 18.7 Å². The van der Waals surface area contributed by atoms with Gasteiger partial charge in [-0.05, 0) is 19.9 Å². The molecule has 20 heavy (non-hydrogen) atoms. The summed E-state index contributed by atoms with van der Waals surface area (Å²) in [5.74, 6) is -0.128. The van der Waals surface area contributed by atoms with Gasteiger partial charge in [0.1, 0.15) is 11.3 Å². The highest BCUT2D eigenvalue weighted by atomic mass is 16.6. The van der Waals surface area contributed by atoms with Gasteiger partial charge in [0.25, 0.3) is 5.69 Å². The zero-order valence-electron chi connectivity index (χ0n) is 11.7. The van der Waals surface area contributed by atoms with Gasteiger partial charge < -0.3 is 15.2 Å². The molecule has 0 amide bonds. The first-order valence-electron chi connectivity index (χ1n) is 6.03. The average Bonchev–Trinajstić information content (AvgIpc) is 2.39. The predicted molar refractivity (Wildman–Crippen MR) is 72.6 cm³/mol. The summed E-state index contributed by atoms with van der Waals surface area (Å²) in [6, 6.07) is 4.58. The number of rotatable bonds is 6. The highest BCUT2D eigenvalue weighted by Crippen LogP contribution is 2.27. The Hall–Kier alpha value is -2.15. The molecule has 7 heteroatoms. The molecule has 1 atom stereocenters. The first-order valence-corrected chi connectivity index (χ1v) is 6.03. The molecule has 1 unspecified atom stereocenters. The Labute approximate surface area is 116 Å². The van der Waals surface area contributed by atoms with Gasteiger partial charge in [-0.2, -0.15) is 0 Å². The molecule has 0 aromatic heterocycles. The number of benzene rings is 1.